The molecule has 1 rings (SSSR count). The van der Waals surface area contributed by atoms with Gasteiger partial charge in [-0.3, -0.25) is 4.79 Å². The van der Waals surface area contributed by atoms with E-state index in [0.717, 1.165) is 0 Å². The van der Waals surface area contributed by atoms with Crippen molar-refractivity contribution in [3.05, 3.63) is 0 Å². The second-order valence-corrected chi connectivity index (χ2v) is 3.97. The fourth-order valence-electron chi connectivity index (χ4n) is 1.79. The molecule has 0 heterocycles. The lowest BCUT2D eigenvalue weighted by molar-refractivity contribution is -0.151. The molecule has 0 aromatic rings. The standard InChI is InChI=1S/C10H11BrF2O2/c1-15-9(14)8-2-4-10(12,13)6-7(8)3-5-11/h7-8H,2,4,6H2,1H3. The van der Waals surface area contributed by atoms with Crippen molar-refractivity contribution in [2.75, 3.05) is 7.11 Å². The highest BCUT2D eigenvalue weighted by molar-refractivity contribution is 9.12. The first-order valence-electron chi connectivity index (χ1n) is 4.57. The van der Waals surface area contributed by atoms with Gasteiger partial charge in [-0.25, -0.2) is 8.78 Å². The van der Waals surface area contributed by atoms with Crippen molar-refractivity contribution in [1.29, 1.82) is 0 Å². The summed E-state index contributed by atoms with van der Waals surface area (Å²) in [6.07, 6.45) is -0.509. The van der Waals surface area contributed by atoms with Crippen molar-refractivity contribution >= 4 is 21.9 Å². The first kappa shape index (κ1) is 12.4. The van der Waals surface area contributed by atoms with Gasteiger partial charge >= 0.3 is 5.97 Å². The number of hydrogen-bond acceptors (Lipinski definition) is 2. The minimum atomic E-state index is -2.72. The van der Waals surface area contributed by atoms with E-state index >= 15 is 0 Å². The lowest BCUT2D eigenvalue weighted by Gasteiger charge is -2.31. The number of ether oxygens (including phenoxy) is 1. The Bertz CT molecular complexity index is 306. The normalized spacial score (nSPS) is 28.8. The molecule has 1 fully saturated rings. The monoisotopic (exact) mass is 280 g/mol. The van der Waals surface area contributed by atoms with E-state index in [1.54, 1.807) is 0 Å². The zero-order chi connectivity index (χ0) is 11.5. The summed E-state index contributed by atoms with van der Waals surface area (Å²) < 4.78 is 30.7. The molecule has 0 aromatic carbocycles. The fraction of sp³-hybridized carbons (Fsp3) is 0.700. The Labute approximate surface area is 95.5 Å². The summed E-state index contributed by atoms with van der Waals surface area (Å²) in [5.74, 6) is -1.73. The van der Waals surface area contributed by atoms with Crippen LogP contribution in [-0.4, -0.2) is 19.0 Å². The van der Waals surface area contributed by atoms with Crippen molar-refractivity contribution in [3.8, 4) is 10.8 Å². The van der Waals surface area contributed by atoms with Crippen molar-refractivity contribution in [3.63, 3.8) is 0 Å². The second-order valence-electron chi connectivity index (χ2n) is 3.57. The van der Waals surface area contributed by atoms with Gasteiger partial charge in [0.05, 0.1) is 13.0 Å². The Morgan fingerprint density at radius 2 is 2.27 bits per heavy atom. The lowest BCUT2D eigenvalue weighted by Crippen LogP contribution is -2.36. The van der Waals surface area contributed by atoms with E-state index in [0.29, 0.717) is 0 Å². The van der Waals surface area contributed by atoms with Crippen molar-refractivity contribution in [2.24, 2.45) is 11.8 Å². The highest BCUT2D eigenvalue weighted by atomic mass is 79.9. The molecule has 0 aromatic heterocycles. The van der Waals surface area contributed by atoms with Gasteiger partial charge < -0.3 is 4.74 Å². The van der Waals surface area contributed by atoms with Crippen LogP contribution in [0.2, 0.25) is 0 Å². The van der Waals surface area contributed by atoms with Gasteiger partial charge in [-0.05, 0) is 11.3 Å². The molecule has 0 amide bonds. The molecule has 1 aliphatic rings. The van der Waals surface area contributed by atoms with Crippen LogP contribution in [0.25, 0.3) is 0 Å². The first-order valence-corrected chi connectivity index (χ1v) is 5.36. The molecule has 1 saturated carbocycles. The molecule has 0 spiro atoms. The number of halogens is 3. The molecule has 0 saturated heterocycles. The third kappa shape index (κ3) is 3.16. The minimum absolute atomic E-state index is 0.131. The molecule has 0 radical (unpaired) electrons. The van der Waals surface area contributed by atoms with Gasteiger partial charge in [0, 0.05) is 34.7 Å². The van der Waals surface area contributed by atoms with Gasteiger partial charge in [0.2, 0.25) is 5.92 Å². The predicted octanol–water partition coefficient (Wildman–Crippen LogP) is 2.57. The molecule has 1 aliphatic carbocycles. The molecule has 2 unspecified atom stereocenters. The summed E-state index contributed by atoms with van der Waals surface area (Å²) in [5, 5.41) is 0. The maximum atomic E-state index is 13.1. The van der Waals surface area contributed by atoms with E-state index in [4.69, 9.17) is 0 Å². The Morgan fingerprint density at radius 1 is 1.60 bits per heavy atom. The maximum Gasteiger partial charge on any atom is 0.309 e. The quantitative estimate of drug-likeness (QED) is 0.545. The molecule has 2 atom stereocenters. The summed E-state index contributed by atoms with van der Waals surface area (Å²) >= 11 is 2.86. The molecule has 0 bridgehead atoms. The SMILES string of the molecule is COC(=O)C1CCC(F)(F)CC1C#CBr. The van der Waals surface area contributed by atoms with E-state index in [9.17, 15) is 13.6 Å². The number of methoxy groups -OCH3 is 1. The van der Waals surface area contributed by atoms with Gasteiger partial charge in [-0.2, -0.15) is 0 Å². The summed E-state index contributed by atoms with van der Waals surface area (Å²) in [5.41, 5.74) is 0. The van der Waals surface area contributed by atoms with Crippen molar-refractivity contribution in [1.82, 2.24) is 0 Å². The van der Waals surface area contributed by atoms with Crippen LogP contribution in [0.1, 0.15) is 19.3 Å². The third-order valence-corrected chi connectivity index (χ3v) is 2.80. The third-order valence-electron chi connectivity index (χ3n) is 2.57. The maximum absolute atomic E-state index is 13.1. The predicted molar refractivity (Wildman–Crippen MR) is 54.5 cm³/mol. The summed E-state index contributed by atoms with van der Waals surface area (Å²) in [7, 11) is 1.26. The van der Waals surface area contributed by atoms with Crippen LogP contribution < -0.4 is 0 Å². The molecule has 0 aliphatic heterocycles. The summed E-state index contributed by atoms with van der Waals surface area (Å²) in [4.78, 5) is 13.7. The van der Waals surface area contributed by atoms with Gasteiger partial charge in [-0.15, -0.1) is 0 Å². The summed E-state index contributed by atoms with van der Waals surface area (Å²) in [6.45, 7) is 0. The zero-order valence-corrected chi connectivity index (χ0v) is 9.81. The van der Waals surface area contributed by atoms with E-state index < -0.39 is 23.7 Å². The van der Waals surface area contributed by atoms with E-state index in [-0.39, 0.29) is 19.3 Å². The average Bonchev–Trinajstić information content (AvgIpc) is 2.16. The zero-order valence-electron chi connectivity index (χ0n) is 8.23. The number of hydrogen-bond donors (Lipinski definition) is 0. The Morgan fingerprint density at radius 3 is 2.80 bits per heavy atom. The molecule has 84 valence electrons. The lowest BCUT2D eigenvalue weighted by atomic mass is 9.78. The molecular formula is C10H11BrF2O2. The number of alkyl halides is 2. The van der Waals surface area contributed by atoms with Crippen molar-refractivity contribution in [2.45, 2.75) is 25.2 Å². The highest BCUT2D eigenvalue weighted by Gasteiger charge is 2.43. The first-order chi connectivity index (χ1) is 7.00. The smallest absolute Gasteiger partial charge is 0.309 e. The van der Waals surface area contributed by atoms with Crippen LogP contribution in [-0.2, 0) is 9.53 Å². The van der Waals surface area contributed by atoms with Gasteiger partial charge in [0.15, 0.2) is 0 Å². The van der Waals surface area contributed by atoms with Crippen molar-refractivity contribution < 1.29 is 18.3 Å². The number of esters is 1. The van der Waals surface area contributed by atoms with Gasteiger partial charge in [-0.1, -0.05) is 5.92 Å². The van der Waals surface area contributed by atoms with Crippen LogP contribution in [0, 0.1) is 22.6 Å². The molecule has 0 N–H and O–H groups in total. The Kier molecular flexibility index (Phi) is 4.09. The van der Waals surface area contributed by atoms with E-state index in [1.165, 1.54) is 7.11 Å². The van der Waals surface area contributed by atoms with Crippen LogP contribution in [0.15, 0.2) is 0 Å². The average molecular weight is 281 g/mol. The number of carbonyl (C=O) groups excluding carboxylic acids is 1. The topological polar surface area (TPSA) is 26.3 Å². The Hall–Kier alpha value is -0.630. The number of rotatable bonds is 1. The van der Waals surface area contributed by atoms with Crippen LogP contribution in [0.5, 0.6) is 0 Å². The largest absolute Gasteiger partial charge is 0.469 e. The van der Waals surface area contributed by atoms with E-state index in [1.807, 2.05) is 0 Å². The second kappa shape index (κ2) is 4.93. The molecule has 5 heteroatoms. The molecule has 15 heavy (non-hydrogen) atoms. The minimum Gasteiger partial charge on any atom is -0.469 e. The van der Waals surface area contributed by atoms with Gasteiger partial charge in [0.1, 0.15) is 0 Å². The highest BCUT2D eigenvalue weighted by Crippen LogP contribution is 2.40. The Balaban J connectivity index is 2.79. The van der Waals surface area contributed by atoms with Crippen LogP contribution in [0.3, 0.4) is 0 Å². The van der Waals surface area contributed by atoms with Crippen LogP contribution in [0.4, 0.5) is 8.78 Å². The number of carbonyl (C=O) groups is 1. The van der Waals surface area contributed by atoms with Gasteiger partial charge in [0.25, 0.3) is 0 Å². The summed E-state index contributed by atoms with van der Waals surface area (Å²) in [6, 6.07) is 0. The van der Waals surface area contributed by atoms with E-state index in [2.05, 4.69) is 31.4 Å². The fourth-order valence-corrected chi connectivity index (χ4v) is 2.08. The molecular weight excluding hydrogens is 270 g/mol. The van der Waals surface area contributed by atoms with Crippen LogP contribution >= 0.6 is 15.9 Å². The molecule has 2 nitrogen and oxygen atoms in total.